The number of alkyl halides is 2. The van der Waals surface area contributed by atoms with E-state index in [9.17, 15) is 14.4 Å². The Hall–Kier alpha value is -1.79. The number of carbonyl (C=O) groups excluding carboxylic acids is 3. The van der Waals surface area contributed by atoms with E-state index < -0.39 is 16.0 Å². The standard InChI is InChI=1S/C19H20Cl2N2O4/c1-11(2)22-16(25)13-5-3-4-6-14(13)23-15(24)7-8-19(22,23)17(26)27-10-12-9-18(12,20)21/h3-6,11-12H,7-10H2,1-2H3/t12-,19-/m1/s1. The number of carbonyl (C=O) groups is 3. The molecule has 8 heteroatoms. The molecule has 0 N–H and O–H groups in total. The van der Waals surface area contributed by atoms with Gasteiger partial charge >= 0.3 is 5.97 Å². The minimum atomic E-state index is -1.47. The van der Waals surface area contributed by atoms with Gasteiger partial charge in [0.05, 0.1) is 17.9 Å². The summed E-state index contributed by atoms with van der Waals surface area (Å²) in [7, 11) is 0. The van der Waals surface area contributed by atoms with Crippen LogP contribution in [0.5, 0.6) is 0 Å². The number of rotatable bonds is 4. The topological polar surface area (TPSA) is 66.9 Å². The maximum absolute atomic E-state index is 13.3. The lowest BCUT2D eigenvalue weighted by atomic mass is 9.95. The molecule has 1 aromatic carbocycles. The van der Waals surface area contributed by atoms with Crippen molar-refractivity contribution in [3.63, 3.8) is 0 Å². The summed E-state index contributed by atoms with van der Waals surface area (Å²) >= 11 is 12.0. The summed E-state index contributed by atoms with van der Waals surface area (Å²) in [6, 6.07) is 6.56. The quantitative estimate of drug-likeness (QED) is 0.564. The zero-order valence-electron chi connectivity index (χ0n) is 15.1. The minimum Gasteiger partial charge on any atom is -0.462 e. The molecule has 0 aromatic heterocycles. The van der Waals surface area contributed by atoms with E-state index in [0.29, 0.717) is 17.7 Å². The van der Waals surface area contributed by atoms with E-state index in [1.54, 1.807) is 24.3 Å². The molecule has 1 aromatic rings. The molecule has 27 heavy (non-hydrogen) atoms. The molecule has 1 aliphatic carbocycles. The molecular formula is C19H20Cl2N2O4. The second-order valence-electron chi connectivity index (χ2n) is 7.59. The van der Waals surface area contributed by atoms with Crippen molar-refractivity contribution in [3.05, 3.63) is 29.8 Å². The van der Waals surface area contributed by atoms with Gasteiger partial charge in [-0.2, -0.15) is 0 Å². The lowest BCUT2D eigenvalue weighted by molar-refractivity contribution is -0.158. The average Bonchev–Trinajstić information content (AvgIpc) is 3.07. The first-order valence-electron chi connectivity index (χ1n) is 9.01. The van der Waals surface area contributed by atoms with Crippen LogP contribution in [0.1, 0.15) is 43.5 Å². The maximum Gasteiger partial charge on any atom is 0.353 e. The molecule has 2 atom stereocenters. The first-order chi connectivity index (χ1) is 12.7. The van der Waals surface area contributed by atoms with Crippen LogP contribution < -0.4 is 4.90 Å². The molecule has 0 spiro atoms. The molecule has 1 saturated carbocycles. The summed E-state index contributed by atoms with van der Waals surface area (Å²) < 4.78 is 4.68. The Kier molecular flexibility index (Phi) is 4.20. The fourth-order valence-corrected chi connectivity index (χ4v) is 4.61. The van der Waals surface area contributed by atoms with Gasteiger partial charge < -0.3 is 9.64 Å². The third-order valence-corrected chi connectivity index (χ3v) is 6.44. The Balaban J connectivity index is 1.76. The molecule has 0 radical (unpaired) electrons. The van der Waals surface area contributed by atoms with Crippen LogP contribution in [0.15, 0.2) is 24.3 Å². The average molecular weight is 411 g/mol. The first kappa shape index (κ1) is 18.6. The zero-order valence-corrected chi connectivity index (χ0v) is 16.6. The Labute approximate surface area is 167 Å². The van der Waals surface area contributed by atoms with Crippen LogP contribution >= 0.6 is 23.2 Å². The van der Waals surface area contributed by atoms with Crippen molar-refractivity contribution in [2.45, 2.75) is 49.1 Å². The Bertz CT molecular complexity index is 841. The van der Waals surface area contributed by atoms with Crippen molar-refractivity contribution in [2.24, 2.45) is 5.92 Å². The van der Waals surface area contributed by atoms with Gasteiger partial charge in [0.15, 0.2) is 0 Å². The number of hydrogen-bond donors (Lipinski definition) is 0. The molecule has 1 saturated heterocycles. The van der Waals surface area contributed by atoms with Crippen LogP contribution in [0.25, 0.3) is 0 Å². The fraction of sp³-hybridized carbons (Fsp3) is 0.526. The van der Waals surface area contributed by atoms with Gasteiger partial charge in [-0.1, -0.05) is 12.1 Å². The van der Waals surface area contributed by atoms with E-state index in [1.807, 2.05) is 13.8 Å². The zero-order chi connectivity index (χ0) is 19.6. The van der Waals surface area contributed by atoms with Gasteiger partial charge in [-0.05, 0) is 32.4 Å². The Morgan fingerprint density at radius 1 is 1.30 bits per heavy atom. The number of ether oxygens (including phenoxy) is 1. The molecule has 0 unspecified atom stereocenters. The number of esters is 1. The molecule has 2 amide bonds. The van der Waals surface area contributed by atoms with Gasteiger partial charge in [0.1, 0.15) is 4.33 Å². The largest absolute Gasteiger partial charge is 0.462 e. The molecule has 2 fully saturated rings. The van der Waals surface area contributed by atoms with Crippen LogP contribution in [0, 0.1) is 5.92 Å². The Morgan fingerprint density at radius 2 is 1.96 bits per heavy atom. The van der Waals surface area contributed by atoms with E-state index in [4.69, 9.17) is 27.9 Å². The molecular weight excluding hydrogens is 391 g/mol. The third kappa shape index (κ3) is 2.64. The number of hydrogen-bond acceptors (Lipinski definition) is 4. The number of amides is 2. The highest BCUT2D eigenvalue weighted by atomic mass is 35.5. The van der Waals surface area contributed by atoms with E-state index in [2.05, 4.69) is 0 Å². The molecule has 6 nitrogen and oxygen atoms in total. The molecule has 4 rings (SSSR count). The SMILES string of the molecule is CC(C)N1C(=O)c2ccccc2N2C(=O)CC[C@]21C(=O)OC[C@H]1CC1(Cl)Cl. The molecule has 144 valence electrons. The minimum absolute atomic E-state index is 0.0669. The number of fused-ring (bicyclic) bond motifs is 3. The van der Waals surface area contributed by atoms with E-state index in [1.165, 1.54) is 9.80 Å². The monoisotopic (exact) mass is 410 g/mol. The van der Waals surface area contributed by atoms with Crippen LogP contribution in [0.3, 0.4) is 0 Å². The number of anilines is 1. The van der Waals surface area contributed by atoms with Gasteiger partial charge in [-0.15, -0.1) is 23.2 Å². The predicted molar refractivity (Wildman–Crippen MR) is 101 cm³/mol. The van der Waals surface area contributed by atoms with Crippen molar-refractivity contribution in [2.75, 3.05) is 11.5 Å². The van der Waals surface area contributed by atoms with Crippen molar-refractivity contribution in [3.8, 4) is 0 Å². The number of para-hydroxylation sites is 1. The second kappa shape index (κ2) is 6.11. The molecule has 0 bridgehead atoms. The lowest BCUT2D eigenvalue weighted by Gasteiger charge is -2.50. The van der Waals surface area contributed by atoms with Crippen LogP contribution in [0.4, 0.5) is 5.69 Å². The summed E-state index contributed by atoms with van der Waals surface area (Å²) in [5, 5.41) is 0. The van der Waals surface area contributed by atoms with E-state index in [0.717, 1.165) is 0 Å². The predicted octanol–water partition coefficient (Wildman–Crippen LogP) is 3.11. The number of halogens is 2. The second-order valence-corrected chi connectivity index (χ2v) is 9.13. The highest BCUT2D eigenvalue weighted by Crippen LogP contribution is 2.53. The first-order valence-corrected chi connectivity index (χ1v) is 9.76. The third-order valence-electron chi connectivity index (χ3n) is 5.51. The van der Waals surface area contributed by atoms with Gasteiger partial charge in [0.25, 0.3) is 5.91 Å². The van der Waals surface area contributed by atoms with Crippen LogP contribution in [-0.2, 0) is 14.3 Å². The van der Waals surface area contributed by atoms with Gasteiger partial charge in [-0.25, -0.2) is 4.79 Å². The van der Waals surface area contributed by atoms with E-state index >= 15 is 0 Å². The van der Waals surface area contributed by atoms with Crippen LogP contribution in [-0.4, -0.2) is 45.3 Å². The molecule has 2 heterocycles. The van der Waals surface area contributed by atoms with Crippen LogP contribution in [0.2, 0.25) is 0 Å². The van der Waals surface area contributed by atoms with Crippen molar-refractivity contribution >= 4 is 46.7 Å². The normalized spacial score (nSPS) is 28.3. The molecule has 2 aliphatic heterocycles. The summed E-state index contributed by atoms with van der Waals surface area (Å²) in [5.74, 6) is -1.22. The highest BCUT2D eigenvalue weighted by molar-refractivity contribution is 6.50. The fourth-order valence-electron chi connectivity index (χ4n) is 4.12. The summed E-state index contributed by atoms with van der Waals surface area (Å²) in [6.45, 7) is 3.72. The lowest BCUT2D eigenvalue weighted by Crippen LogP contribution is -2.70. The van der Waals surface area contributed by atoms with Gasteiger partial charge in [0.2, 0.25) is 11.6 Å². The van der Waals surface area contributed by atoms with Crippen molar-refractivity contribution in [1.29, 1.82) is 0 Å². The highest BCUT2D eigenvalue weighted by Gasteiger charge is 2.63. The maximum atomic E-state index is 13.3. The smallest absolute Gasteiger partial charge is 0.353 e. The van der Waals surface area contributed by atoms with Gasteiger partial charge in [0, 0.05) is 24.8 Å². The van der Waals surface area contributed by atoms with Crippen molar-refractivity contribution < 1.29 is 19.1 Å². The van der Waals surface area contributed by atoms with Crippen molar-refractivity contribution in [1.82, 2.24) is 4.90 Å². The molecule has 3 aliphatic rings. The summed E-state index contributed by atoms with van der Waals surface area (Å²) in [5.41, 5.74) is -0.603. The van der Waals surface area contributed by atoms with E-state index in [-0.39, 0.29) is 43.2 Å². The summed E-state index contributed by atoms with van der Waals surface area (Å²) in [4.78, 5) is 42.1. The Morgan fingerprint density at radius 3 is 2.59 bits per heavy atom. The number of benzene rings is 1. The summed E-state index contributed by atoms with van der Waals surface area (Å²) in [6.07, 6.45) is 0.910. The van der Waals surface area contributed by atoms with Gasteiger partial charge in [-0.3, -0.25) is 14.5 Å². The number of nitrogens with zero attached hydrogens (tertiary/aromatic N) is 2.